The molecule has 2 fully saturated rings. The zero-order valence-electron chi connectivity index (χ0n) is 13.0. The molecule has 2 saturated carbocycles. The minimum atomic E-state index is -5.33. The normalized spacial score (nSPS) is 25.7. The summed E-state index contributed by atoms with van der Waals surface area (Å²) in [5.41, 5.74) is -2.79. The summed E-state index contributed by atoms with van der Waals surface area (Å²) in [6.07, 6.45) is 3.87. The molecule has 0 saturated heterocycles. The smallest absolute Gasteiger partial charge is 0.380 e. The number of alkyl halides is 3. The summed E-state index contributed by atoms with van der Waals surface area (Å²) in [5, 5.41) is 3.32. The van der Waals surface area contributed by atoms with Crippen molar-refractivity contribution in [3.8, 4) is 0 Å². The lowest BCUT2D eigenvalue weighted by atomic mass is 10.0. The van der Waals surface area contributed by atoms with Crippen molar-refractivity contribution in [2.24, 2.45) is 5.92 Å². The Morgan fingerprint density at radius 1 is 1.12 bits per heavy atom. The van der Waals surface area contributed by atoms with Gasteiger partial charge in [-0.25, -0.2) is 8.42 Å². The number of nitrogens with one attached hydrogen (secondary N) is 1. The SMILES string of the molecule is O=S(=O)(N1Cc2c(cccc2C2CC2)NC(C2CC2)C1)C(F)(F)F. The Hall–Kier alpha value is -1.28. The van der Waals surface area contributed by atoms with Crippen molar-refractivity contribution in [3.05, 3.63) is 29.3 Å². The van der Waals surface area contributed by atoms with Crippen molar-refractivity contribution in [1.82, 2.24) is 4.31 Å². The van der Waals surface area contributed by atoms with Gasteiger partial charge < -0.3 is 5.32 Å². The van der Waals surface area contributed by atoms with E-state index in [2.05, 4.69) is 5.32 Å². The molecule has 1 heterocycles. The first-order valence-electron chi connectivity index (χ1n) is 8.22. The van der Waals surface area contributed by atoms with Crippen LogP contribution in [0, 0.1) is 5.92 Å². The third-order valence-electron chi connectivity index (χ3n) is 5.13. The fourth-order valence-electron chi connectivity index (χ4n) is 3.49. The molecular formula is C16H19F3N2O2S. The van der Waals surface area contributed by atoms with Crippen LogP contribution in [0.2, 0.25) is 0 Å². The van der Waals surface area contributed by atoms with E-state index in [4.69, 9.17) is 0 Å². The molecule has 132 valence electrons. The maximum absolute atomic E-state index is 13.1. The molecule has 0 bridgehead atoms. The summed E-state index contributed by atoms with van der Waals surface area (Å²) in [6, 6.07) is 5.39. The van der Waals surface area contributed by atoms with Gasteiger partial charge in [0.05, 0.1) is 0 Å². The lowest BCUT2D eigenvalue weighted by Crippen LogP contribution is -2.44. The van der Waals surface area contributed by atoms with Crippen molar-refractivity contribution in [1.29, 1.82) is 0 Å². The second-order valence-electron chi connectivity index (χ2n) is 6.98. The highest BCUT2D eigenvalue weighted by molar-refractivity contribution is 7.89. The average Bonchev–Trinajstić information content (AvgIpc) is 3.39. The molecule has 8 heteroatoms. The Labute approximate surface area is 139 Å². The lowest BCUT2D eigenvalue weighted by molar-refractivity contribution is -0.0492. The molecule has 1 aliphatic heterocycles. The number of nitrogens with zero attached hydrogens (tertiary/aromatic N) is 1. The second kappa shape index (κ2) is 5.36. The van der Waals surface area contributed by atoms with E-state index in [1.54, 1.807) is 0 Å². The van der Waals surface area contributed by atoms with Gasteiger partial charge in [-0.05, 0) is 54.7 Å². The van der Waals surface area contributed by atoms with Crippen molar-refractivity contribution in [2.75, 3.05) is 11.9 Å². The molecule has 1 atom stereocenters. The molecule has 0 radical (unpaired) electrons. The van der Waals surface area contributed by atoms with Gasteiger partial charge in [0.2, 0.25) is 0 Å². The van der Waals surface area contributed by atoms with Gasteiger partial charge in [0.1, 0.15) is 0 Å². The molecule has 4 nitrogen and oxygen atoms in total. The topological polar surface area (TPSA) is 49.4 Å². The summed E-state index contributed by atoms with van der Waals surface area (Å²) in [6.45, 7) is -0.342. The Kier molecular flexibility index (Phi) is 3.62. The van der Waals surface area contributed by atoms with Gasteiger partial charge >= 0.3 is 15.5 Å². The summed E-state index contributed by atoms with van der Waals surface area (Å²) < 4.78 is 64.0. The first-order valence-corrected chi connectivity index (χ1v) is 9.66. The zero-order valence-corrected chi connectivity index (χ0v) is 13.8. The fourth-order valence-corrected chi connectivity index (χ4v) is 4.44. The van der Waals surface area contributed by atoms with Crippen molar-refractivity contribution in [2.45, 2.75) is 49.7 Å². The standard InChI is InChI=1S/C16H19F3N2O2S/c17-16(18,19)24(22,23)21-8-13-12(10-4-5-10)2-1-3-14(13)20-15(9-21)11-6-7-11/h1-3,10-11,15,20H,4-9H2. The highest BCUT2D eigenvalue weighted by Crippen LogP contribution is 2.46. The minimum Gasteiger partial charge on any atom is -0.380 e. The quantitative estimate of drug-likeness (QED) is 0.899. The summed E-state index contributed by atoms with van der Waals surface area (Å²) in [5.74, 6) is 0.584. The highest BCUT2D eigenvalue weighted by atomic mass is 32.2. The van der Waals surface area contributed by atoms with Crippen LogP contribution in [0.15, 0.2) is 18.2 Å². The fraction of sp³-hybridized carbons (Fsp3) is 0.625. The largest absolute Gasteiger partial charge is 0.511 e. The molecule has 24 heavy (non-hydrogen) atoms. The molecule has 0 spiro atoms. The highest BCUT2D eigenvalue weighted by Gasteiger charge is 2.52. The number of anilines is 1. The van der Waals surface area contributed by atoms with Gasteiger partial charge in [-0.2, -0.15) is 17.5 Å². The third-order valence-corrected chi connectivity index (χ3v) is 6.67. The van der Waals surface area contributed by atoms with Gasteiger partial charge in [-0.3, -0.25) is 0 Å². The van der Waals surface area contributed by atoms with Crippen LogP contribution in [0.3, 0.4) is 0 Å². The minimum absolute atomic E-state index is 0.134. The molecule has 0 aromatic heterocycles. The molecule has 2 aliphatic carbocycles. The van der Waals surface area contributed by atoms with Crippen molar-refractivity contribution >= 4 is 15.7 Å². The van der Waals surface area contributed by atoms with Crippen LogP contribution < -0.4 is 5.32 Å². The van der Waals surface area contributed by atoms with Gasteiger partial charge in [0.25, 0.3) is 0 Å². The number of hydrogen-bond donors (Lipinski definition) is 1. The molecular weight excluding hydrogens is 341 g/mol. The van der Waals surface area contributed by atoms with Crippen LogP contribution in [0.5, 0.6) is 0 Å². The molecule has 4 rings (SSSR count). The maximum Gasteiger partial charge on any atom is 0.511 e. The second-order valence-corrected chi connectivity index (χ2v) is 8.91. The first-order chi connectivity index (χ1) is 11.3. The predicted molar refractivity (Wildman–Crippen MR) is 83.9 cm³/mol. The average molecular weight is 360 g/mol. The lowest BCUT2D eigenvalue weighted by Gasteiger charge is -2.25. The van der Waals surface area contributed by atoms with Crippen molar-refractivity contribution in [3.63, 3.8) is 0 Å². The molecule has 1 unspecified atom stereocenters. The zero-order chi connectivity index (χ0) is 17.1. The Morgan fingerprint density at radius 2 is 1.83 bits per heavy atom. The third kappa shape index (κ3) is 2.79. The van der Waals surface area contributed by atoms with E-state index >= 15 is 0 Å². The van der Waals surface area contributed by atoms with Gasteiger partial charge in [0, 0.05) is 24.8 Å². The summed E-state index contributed by atoms with van der Waals surface area (Å²) in [7, 11) is -5.33. The summed E-state index contributed by atoms with van der Waals surface area (Å²) >= 11 is 0. The maximum atomic E-state index is 13.1. The Morgan fingerprint density at radius 3 is 2.42 bits per heavy atom. The number of hydrogen-bond acceptors (Lipinski definition) is 3. The first kappa shape index (κ1) is 16.2. The van der Waals surface area contributed by atoms with E-state index in [-0.39, 0.29) is 25.0 Å². The molecule has 3 aliphatic rings. The molecule has 1 aromatic rings. The monoisotopic (exact) mass is 360 g/mol. The van der Waals surface area contributed by atoms with E-state index in [1.807, 2.05) is 18.2 Å². The Bertz CT molecular complexity index is 755. The number of rotatable bonds is 3. The predicted octanol–water partition coefficient (Wildman–Crippen LogP) is 3.42. The van der Waals surface area contributed by atoms with Gasteiger partial charge in [-0.1, -0.05) is 12.1 Å². The van der Waals surface area contributed by atoms with Gasteiger partial charge in [0.15, 0.2) is 0 Å². The van der Waals surface area contributed by atoms with Crippen LogP contribution in [0.1, 0.15) is 42.7 Å². The number of sulfonamides is 1. The van der Waals surface area contributed by atoms with E-state index < -0.39 is 15.5 Å². The van der Waals surface area contributed by atoms with Crippen LogP contribution in [-0.4, -0.2) is 30.8 Å². The van der Waals surface area contributed by atoms with E-state index in [1.165, 1.54) is 0 Å². The van der Waals surface area contributed by atoms with Crippen LogP contribution in [-0.2, 0) is 16.6 Å². The van der Waals surface area contributed by atoms with E-state index in [0.29, 0.717) is 15.8 Å². The van der Waals surface area contributed by atoms with Crippen molar-refractivity contribution < 1.29 is 21.6 Å². The van der Waals surface area contributed by atoms with Crippen LogP contribution in [0.4, 0.5) is 18.9 Å². The summed E-state index contributed by atoms with van der Waals surface area (Å²) in [4.78, 5) is 0. The molecule has 0 amide bonds. The van der Waals surface area contributed by atoms with Gasteiger partial charge in [-0.15, -0.1) is 0 Å². The molecule has 1 aromatic carbocycles. The van der Waals surface area contributed by atoms with Crippen LogP contribution in [0.25, 0.3) is 0 Å². The van der Waals surface area contributed by atoms with Crippen LogP contribution >= 0.6 is 0 Å². The number of benzene rings is 1. The van der Waals surface area contributed by atoms with E-state index in [0.717, 1.165) is 36.9 Å². The Balaban J connectivity index is 1.77. The van der Waals surface area contributed by atoms with E-state index in [9.17, 15) is 21.6 Å². The number of halogens is 3. The number of fused-ring (bicyclic) bond motifs is 1. The molecule has 1 N–H and O–H groups in total.